The Morgan fingerprint density at radius 1 is 1.50 bits per heavy atom. The molecule has 14 heavy (non-hydrogen) atoms. The minimum absolute atomic E-state index is 0.185. The van der Waals surface area contributed by atoms with Crippen LogP contribution in [0.3, 0.4) is 0 Å². The van der Waals surface area contributed by atoms with Gasteiger partial charge in [0.1, 0.15) is 6.33 Å². The van der Waals surface area contributed by atoms with Crippen LogP contribution >= 0.6 is 0 Å². The van der Waals surface area contributed by atoms with Gasteiger partial charge in [0.05, 0.1) is 11.8 Å². The third kappa shape index (κ3) is 2.93. The van der Waals surface area contributed by atoms with Gasteiger partial charge in [-0.2, -0.15) is 10.2 Å². The van der Waals surface area contributed by atoms with E-state index in [0.717, 1.165) is 0 Å². The molecule has 0 saturated heterocycles. The number of nitrogens with one attached hydrogen (secondary N) is 2. The average molecular weight is 196 g/mol. The molecule has 0 amide bonds. The summed E-state index contributed by atoms with van der Waals surface area (Å²) >= 11 is 0. The minimum Gasteiger partial charge on any atom is -0.478 e. The van der Waals surface area contributed by atoms with Crippen LogP contribution in [-0.4, -0.2) is 36.5 Å². The Hall–Kier alpha value is -2.38. The highest BCUT2D eigenvalue weighted by Crippen LogP contribution is 1.90. The van der Waals surface area contributed by atoms with Crippen molar-refractivity contribution >= 4 is 11.9 Å². The van der Waals surface area contributed by atoms with Crippen LogP contribution < -0.4 is 5.73 Å². The number of carbonyl (C=O) groups is 1. The van der Waals surface area contributed by atoms with Crippen LogP contribution in [0.25, 0.3) is 0 Å². The number of H-pyrrole nitrogens is 2. The fourth-order valence-corrected chi connectivity index (χ4v) is 0.583. The van der Waals surface area contributed by atoms with Crippen LogP contribution in [0.4, 0.5) is 5.95 Å². The number of anilines is 1. The number of carboxylic acid groups (broad SMARTS) is 1. The Morgan fingerprint density at radius 3 is 2.50 bits per heavy atom. The fourth-order valence-electron chi connectivity index (χ4n) is 0.583. The molecule has 0 aliphatic carbocycles. The van der Waals surface area contributed by atoms with E-state index in [-0.39, 0.29) is 5.56 Å². The number of aromatic amines is 2. The van der Waals surface area contributed by atoms with Crippen molar-refractivity contribution < 1.29 is 9.90 Å². The molecule has 0 bridgehead atoms. The third-order valence-electron chi connectivity index (χ3n) is 1.18. The molecule has 2 rings (SSSR count). The van der Waals surface area contributed by atoms with E-state index in [9.17, 15) is 4.79 Å². The zero-order valence-corrected chi connectivity index (χ0v) is 7.01. The van der Waals surface area contributed by atoms with Crippen molar-refractivity contribution in [3.8, 4) is 0 Å². The van der Waals surface area contributed by atoms with E-state index < -0.39 is 5.97 Å². The molecule has 0 aliphatic heterocycles. The van der Waals surface area contributed by atoms with Crippen molar-refractivity contribution in [1.29, 1.82) is 0 Å². The number of carboxylic acids is 1. The van der Waals surface area contributed by atoms with E-state index in [0.29, 0.717) is 5.95 Å². The van der Waals surface area contributed by atoms with Gasteiger partial charge in [-0.25, -0.2) is 14.9 Å². The van der Waals surface area contributed by atoms with Crippen LogP contribution in [-0.2, 0) is 0 Å². The summed E-state index contributed by atoms with van der Waals surface area (Å²) in [7, 11) is 0. The maximum Gasteiger partial charge on any atom is 0.338 e. The van der Waals surface area contributed by atoms with Gasteiger partial charge in [0.2, 0.25) is 5.95 Å². The topological polar surface area (TPSA) is 134 Å². The van der Waals surface area contributed by atoms with Gasteiger partial charge in [-0.1, -0.05) is 0 Å². The molecule has 2 aromatic heterocycles. The first-order valence-corrected chi connectivity index (χ1v) is 3.53. The van der Waals surface area contributed by atoms with Crippen LogP contribution in [0.5, 0.6) is 0 Å². The lowest BCUT2D eigenvalue weighted by atomic mass is 10.4. The lowest BCUT2D eigenvalue weighted by Crippen LogP contribution is -1.91. The summed E-state index contributed by atoms with van der Waals surface area (Å²) in [6.07, 6.45) is 3.93. The highest BCUT2D eigenvalue weighted by molar-refractivity contribution is 5.86. The first-order valence-electron chi connectivity index (χ1n) is 3.53. The predicted octanol–water partition coefficient (Wildman–Crippen LogP) is -0.505. The van der Waals surface area contributed by atoms with Gasteiger partial charge in [0.15, 0.2) is 0 Å². The summed E-state index contributed by atoms with van der Waals surface area (Å²) in [4.78, 5) is 13.5. The summed E-state index contributed by atoms with van der Waals surface area (Å²) < 4.78 is 0. The maximum atomic E-state index is 10.0. The van der Waals surface area contributed by atoms with Crippen LogP contribution in [0.2, 0.25) is 0 Å². The standard InChI is InChI=1S/C4H4N2O2.C2H4N4/c7-4(8)3-1-5-6-2-3;3-2-4-1-5-6-2/h1-2H,(H,5,6)(H,7,8);1H,(H3,3,4,5,6). The van der Waals surface area contributed by atoms with E-state index in [2.05, 4.69) is 25.4 Å². The second kappa shape index (κ2) is 4.60. The van der Waals surface area contributed by atoms with E-state index in [4.69, 9.17) is 10.8 Å². The minimum atomic E-state index is -0.959. The average Bonchev–Trinajstić information content (AvgIpc) is 2.75. The lowest BCUT2D eigenvalue weighted by molar-refractivity contribution is 0.0697. The largest absolute Gasteiger partial charge is 0.478 e. The molecule has 8 nitrogen and oxygen atoms in total. The number of aromatic nitrogens is 5. The molecular weight excluding hydrogens is 188 g/mol. The fraction of sp³-hybridized carbons (Fsp3) is 0. The summed E-state index contributed by atoms with van der Waals surface area (Å²) in [5.41, 5.74) is 5.23. The van der Waals surface area contributed by atoms with E-state index in [1.165, 1.54) is 18.7 Å². The molecule has 5 N–H and O–H groups in total. The molecule has 0 saturated carbocycles. The molecule has 0 spiro atoms. The third-order valence-corrected chi connectivity index (χ3v) is 1.18. The molecule has 0 radical (unpaired) electrons. The second-order valence-corrected chi connectivity index (χ2v) is 2.16. The van der Waals surface area contributed by atoms with Gasteiger partial charge < -0.3 is 10.8 Å². The highest BCUT2D eigenvalue weighted by Gasteiger charge is 1.99. The number of aromatic carboxylic acids is 1. The first kappa shape index (κ1) is 9.71. The number of hydrogen-bond acceptors (Lipinski definition) is 5. The van der Waals surface area contributed by atoms with Crippen molar-refractivity contribution in [3.05, 3.63) is 24.3 Å². The Balaban J connectivity index is 0.000000146. The van der Waals surface area contributed by atoms with Gasteiger partial charge >= 0.3 is 5.97 Å². The van der Waals surface area contributed by atoms with Crippen molar-refractivity contribution in [2.75, 3.05) is 5.73 Å². The maximum absolute atomic E-state index is 10.0. The van der Waals surface area contributed by atoms with E-state index in [1.807, 2.05) is 0 Å². The highest BCUT2D eigenvalue weighted by atomic mass is 16.4. The Bertz CT molecular complexity index is 367. The lowest BCUT2D eigenvalue weighted by Gasteiger charge is -1.77. The summed E-state index contributed by atoms with van der Waals surface area (Å²) in [5.74, 6) is -0.603. The predicted molar refractivity (Wildman–Crippen MR) is 46.3 cm³/mol. The molecule has 0 aromatic carbocycles. The van der Waals surface area contributed by atoms with E-state index >= 15 is 0 Å². The first-order chi connectivity index (χ1) is 6.70. The zero-order chi connectivity index (χ0) is 10.4. The van der Waals surface area contributed by atoms with E-state index in [1.54, 1.807) is 0 Å². The van der Waals surface area contributed by atoms with Gasteiger partial charge in [-0.3, -0.25) is 5.10 Å². The molecule has 2 aromatic rings. The molecular formula is C6H8N6O2. The van der Waals surface area contributed by atoms with Crippen molar-refractivity contribution in [1.82, 2.24) is 25.4 Å². The number of hydrogen-bond donors (Lipinski definition) is 4. The number of nitrogens with two attached hydrogens (primary N) is 1. The summed E-state index contributed by atoms with van der Waals surface area (Å²) in [6, 6.07) is 0. The van der Waals surface area contributed by atoms with Crippen LogP contribution in [0, 0.1) is 0 Å². The zero-order valence-electron chi connectivity index (χ0n) is 7.01. The molecule has 0 aliphatic rings. The Kier molecular flexibility index (Phi) is 3.19. The quantitative estimate of drug-likeness (QED) is 0.485. The molecule has 2 heterocycles. The van der Waals surface area contributed by atoms with Crippen molar-refractivity contribution in [2.45, 2.75) is 0 Å². The number of nitrogens with zero attached hydrogens (tertiary/aromatic N) is 3. The Morgan fingerprint density at radius 2 is 2.29 bits per heavy atom. The molecule has 8 heteroatoms. The smallest absolute Gasteiger partial charge is 0.338 e. The SMILES string of the molecule is Nc1ncn[nH]1.O=C(O)c1cn[nH]c1. The molecule has 74 valence electrons. The van der Waals surface area contributed by atoms with Crippen LogP contribution in [0.15, 0.2) is 18.7 Å². The van der Waals surface area contributed by atoms with Gasteiger partial charge in [0, 0.05) is 6.20 Å². The second-order valence-electron chi connectivity index (χ2n) is 2.16. The number of nitrogen functional groups attached to an aromatic ring is 1. The van der Waals surface area contributed by atoms with Gasteiger partial charge in [-0.15, -0.1) is 0 Å². The van der Waals surface area contributed by atoms with Crippen LogP contribution in [0.1, 0.15) is 10.4 Å². The van der Waals surface area contributed by atoms with Gasteiger partial charge in [0.25, 0.3) is 0 Å². The Labute approximate surface area is 78.2 Å². The summed E-state index contributed by atoms with van der Waals surface area (Å²) in [6.45, 7) is 0. The normalized spacial score (nSPS) is 8.86. The van der Waals surface area contributed by atoms with Crippen molar-refractivity contribution in [3.63, 3.8) is 0 Å². The number of rotatable bonds is 1. The monoisotopic (exact) mass is 196 g/mol. The summed E-state index contributed by atoms with van der Waals surface area (Å²) in [5, 5.41) is 19.9. The van der Waals surface area contributed by atoms with Crippen molar-refractivity contribution in [2.24, 2.45) is 0 Å². The molecule has 0 fully saturated rings. The molecule has 0 atom stereocenters. The molecule has 0 unspecified atom stereocenters. The van der Waals surface area contributed by atoms with Gasteiger partial charge in [-0.05, 0) is 0 Å².